The monoisotopic (exact) mass is 470 g/mol. The molecule has 0 radical (unpaired) electrons. The van der Waals surface area contributed by atoms with Crippen LogP contribution in [0.3, 0.4) is 0 Å². The van der Waals surface area contributed by atoms with Crippen LogP contribution >= 0.6 is 0 Å². The Hall–Kier alpha value is -3.33. The van der Waals surface area contributed by atoms with E-state index in [0.717, 1.165) is 17.4 Å². The van der Waals surface area contributed by atoms with E-state index in [1.165, 1.54) is 8.99 Å². The predicted octanol–water partition coefficient (Wildman–Crippen LogP) is 3.29. The lowest BCUT2D eigenvalue weighted by Crippen LogP contribution is -2.32. The van der Waals surface area contributed by atoms with E-state index in [1.807, 2.05) is 56.3 Å². The van der Waals surface area contributed by atoms with Gasteiger partial charge in [-0.3, -0.25) is 18.6 Å². The molecule has 8 nitrogen and oxygen atoms in total. The lowest BCUT2D eigenvalue weighted by Gasteiger charge is -2.24. The van der Waals surface area contributed by atoms with Gasteiger partial charge in [0, 0.05) is 20.0 Å². The van der Waals surface area contributed by atoms with Crippen molar-refractivity contribution in [2.45, 2.75) is 33.6 Å². The Bertz CT molecular complexity index is 1320. The van der Waals surface area contributed by atoms with Gasteiger partial charge in [-0.05, 0) is 56.5 Å². The number of rotatable bonds is 8. The minimum absolute atomic E-state index is 0.0794. The molecule has 2 aromatic carbocycles. The quantitative estimate of drug-likeness (QED) is 0.547. The minimum Gasteiger partial charge on any atom is -0.320 e. The standard InChI is InChI=1S/C24H30N4O4S/c1-17-11-9-14-21(18(17)2)27(33(5,31)32)16-10-15-22(29)25-23-19(3)26(4)28(24(23)30)20-12-7-6-8-13-20/h6-9,11-14H,10,15-16H2,1-5H3,(H,25,29). The van der Waals surface area contributed by atoms with E-state index in [2.05, 4.69) is 5.32 Å². The van der Waals surface area contributed by atoms with E-state index in [9.17, 15) is 18.0 Å². The number of hydrogen-bond donors (Lipinski definition) is 1. The maximum absolute atomic E-state index is 13.0. The number of aryl methyl sites for hydroxylation is 1. The van der Waals surface area contributed by atoms with Crippen LogP contribution in [0.1, 0.15) is 29.7 Å². The van der Waals surface area contributed by atoms with E-state index < -0.39 is 10.0 Å². The highest BCUT2D eigenvalue weighted by Gasteiger charge is 2.21. The van der Waals surface area contributed by atoms with Crippen molar-refractivity contribution in [1.82, 2.24) is 9.36 Å². The van der Waals surface area contributed by atoms with Gasteiger partial charge < -0.3 is 5.32 Å². The smallest absolute Gasteiger partial charge is 0.295 e. The zero-order valence-electron chi connectivity index (χ0n) is 19.6. The third-order valence-corrected chi connectivity index (χ3v) is 7.01. The zero-order valence-corrected chi connectivity index (χ0v) is 20.4. The summed E-state index contributed by atoms with van der Waals surface area (Å²) in [6.45, 7) is 5.74. The highest BCUT2D eigenvalue weighted by molar-refractivity contribution is 7.92. The Kier molecular flexibility index (Phi) is 7.12. The second kappa shape index (κ2) is 9.66. The van der Waals surface area contributed by atoms with Gasteiger partial charge in [0.15, 0.2) is 0 Å². The first-order valence-corrected chi connectivity index (χ1v) is 12.5. The molecule has 0 aliphatic rings. The molecular weight excluding hydrogens is 440 g/mol. The Balaban J connectivity index is 1.73. The van der Waals surface area contributed by atoms with Crippen molar-refractivity contribution in [3.63, 3.8) is 0 Å². The zero-order chi connectivity index (χ0) is 24.3. The normalized spacial score (nSPS) is 11.4. The first-order chi connectivity index (χ1) is 15.5. The number of nitrogens with zero attached hydrogens (tertiary/aromatic N) is 3. The van der Waals surface area contributed by atoms with Gasteiger partial charge in [0.2, 0.25) is 15.9 Å². The molecule has 0 aliphatic carbocycles. The second-order valence-electron chi connectivity index (χ2n) is 8.14. The molecule has 0 spiro atoms. The van der Waals surface area contributed by atoms with Crippen LogP contribution in [0.5, 0.6) is 0 Å². The van der Waals surface area contributed by atoms with Crippen LogP contribution in [0.4, 0.5) is 11.4 Å². The fourth-order valence-corrected chi connectivity index (χ4v) is 4.78. The highest BCUT2D eigenvalue weighted by Crippen LogP contribution is 2.25. The molecule has 1 aromatic heterocycles. The number of aromatic nitrogens is 2. The third-order valence-electron chi connectivity index (χ3n) is 5.83. The number of sulfonamides is 1. The van der Waals surface area contributed by atoms with Crippen LogP contribution in [-0.4, -0.2) is 36.5 Å². The molecule has 9 heteroatoms. The van der Waals surface area contributed by atoms with Crippen LogP contribution in [0.15, 0.2) is 53.3 Å². The van der Waals surface area contributed by atoms with Gasteiger partial charge in [-0.2, -0.15) is 0 Å². The predicted molar refractivity (Wildman–Crippen MR) is 132 cm³/mol. The van der Waals surface area contributed by atoms with Crippen molar-refractivity contribution in [2.75, 3.05) is 22.4 Å². The number of anilines is 2. The maximum Gasteiger partial charge on any atom is 0.295 e. The Labute approximate surface area is 194 Å². The SMILES string of the molecule is Cc1cccc(N(CCCC(=O)Nc2c(C)n(C)n(-c3ccccc3)c2=O)S(C)(=O)=O)c1C. The summed E-state index contributed by atoms with van der Waals surface area (Å²) in [4.78, 5) is 25.6. The molecule has 0 saturated carbocycles. The molecule has 176 valence electrons. The maximum atomic E-state index is 13.0. The Morgan fingerprint density at radius 1 is 1.03 bits per heavy atom. The molecule has 0 saturated heterocycles. The van der Waals surface area contributed by atoms with Crippen LogP contribution in [0.25, 0.3) is 5.69 Å². The van der Waals surface area contributed by atoms with Crippen LogP contribution in [-0.2, 0) is 21.9 Å². The lowest BCUT2D eigenvalue weighted by atomic mass is 10.1. The molecule has 3 rings (SSSR count). The molecule has 1 heterocycles. The minimum atomic E-state index is -3.52. The van der Waals surface area contributed by atoms with Crippen molar-refractivity contribution in [3.05, 3.63) is 75.7 Å². The van der Waals surface area contributed by atoms with Gasteiger partial charge in [0.05, 0.1) is 23.3 Å². The highest BCUT2D eigenvalue weighted by atomic mass is 32.2. The number of para-hydroxylation sites is 1. The first-order valence-electron chi connectivity index (χ1n) is 10.7. The van der Waals surface area contributed by atoms with Gasteiger partial charge >= 0.3 is 0 Å². The summed E-state index contributed by atoms with van der Waals surface area (Å²) in [6.07, 6.45) is 1.55. The van der Waals surface area contributed by atoms with Crippen molar-refractivity contribution < 1.29 is 13.2 Å². The molecular formula is C24H30N4O4S. The average Bonchev–Trinajstić information content (AvgIpc) is 2.96. The summed E-state index contributed by atoms with van der Waals surface area (Å²) in [6, 6.07) is 14.7. The number of nitrogens with one attached hydrogen (secondary N) is 1. The molecule has 1 N–H and O–H groups in total. The van der Waals surface area contributed by atoms with E-state index in [4.69, 9.17) is 0 Å². The molecule has 0 fully saturated rings. The van der Waals surface area contributed by atoms with E-state index in [-0.39, 0.29) is 30.1 Å². The number of carbonyl (C=O) groups excluding carboxylic acids is 1. The summed E-state index contributed by atoms with van der Waals surface area (Å²) in [5, 5.41) is 2.72. The molecule has 0 atom stereocenters. The summed E-state index contributed by atoms with van der Waals surface area (Å²) in [7, 11) is -1.76. The average molecular weight is 471 g/mol. The number of hydrogen-bond acceptors (Lipinski definition) is 4. The second-order valence-corrected chi connectivity index (χ2v) is 10.0. The van der Waals surface area contributed by atoms with Crippen LogP contribution in [0.2, 0.25) is 0 Å². The number of carbonyl (C=O) groups is 1. The summed E-state index contributed by atoms with van der Waals surface area (Å²) < 4.78 is 29.3. The summed E-state index contributed by atoms with van der Waals surface area (Å²) in [5.74, 6) is -0.338. The Morgan fingerprint density at radius 3 is 2.33 bits per heavy atom. The molecule has 1 amide bonds. The number of amides is 1. The third kappa shape index (κ3) is 5.19. The topological polar surface area (TPSA) is 93.4 Å². The van der Waals surface area contributed by atoms with Crippen LogP contribution < -0.4 is 15.2 Å². The van der Waals surface area contributed by atoms with Gasteiger partial charge in [-0.1, -0.05) is 30.3 Å². The fourth-order valence-electron chi connectivity index (χ4n) is 3.77. The Morgan fingerprint density at radius 2 is 1.70 bits per heavy atom. The molecule has 0 bridgehead atoms. The van der Waals surface area contributed by atoms with E-state index in [1.54, 1.807) is 24.7 Å². The summed E-state index contributed by atoms with van der Waals surface area (Å²) >= 11 is 0. The van der Waals surface area contributed by atoms with Crippen LogP contribution in [0, 0.1) is 20.8 Å². The van der Waals surface area contributed by atoms with Gasteiger partial charge in [-0.15, -0.1) is 0 Å². The molecule has 3 aromatic rings. The lowest BCUT2D eigenvalue weighted by molar-refractivity contribution is -0.116. The molecule has 0 aliphatic heterocycles. The summed E-state index contributed by atoms with van der Waals surface area (Å²) in [5.41, 5.74) is 3.73. The first kappa shape index (κ1) is 24.3. The van der Waals surface area contributed by atoms with Crippen molar-refractivity contribution >= 4 is 27.3 Å². The van der Waals surface area contributed by atoms with Gasteiger partial charge in [0.1, 0.15) is 5.69 Å². The molecule has 0 unspecified atom stereocenters. The van der Waals surface area contributed by atoms with Gasteiger partial charge in [0.25, 0.3) is 5.56 Å². The van der Waals surface area contributed by atoms with E-state index in [0.29, 0.717) is 23.5 Å². The van der Waals surface area contributed by atoms with Gasteiger partial charge in [-0.25, -0.2) is 13.1 Å². The van der Waals surface area contributed by atoms with E-state index >= 15 is 0 Å². The van der Waals surface area contributed by atoms with Crippen molar-refractivity contribution in [1.29, 1.82) is 0 Å². The van der Waals surface area contributed by atoms with Crippen molar-refractivity contribution in [2.24, 2.45) is 7.05 Å². The number of benzene rings is 2. The fraction of sp³-hybridized carbons (Fsp3) is 0.333. The van der Waals surface area contributed by atoms with Crippen molar-refractivity contribution in [3.8, 4) is 5.69 Å². The molecule has 33 heavy (non-hydrogen) atoms. The largest absolute Gasteiger partial charge is 0.320 e.